The summed E-state index contributed by atoms with van der Waals surface area (Å²) in [5.41, 5.74) is 0.533. The van der Waals surface area contributed by atoms with E-state index in [-0.39, 0.29) is 11.2 Å². The third-order valence-corrected chi connectivity index (χ3v) is 2.78. The fourth-order valence-electron chi connectivity index (χ4n) is 1.81. The second-order valence-corrected chi connectivity index (χ2v) is 4.32. The Bertz CT molecular complexity index is 261. The molecule has 0 saturated carbocycles. The van der Waals surface area contributed by atoms with Crippen molar-refractivity contribution in [1.29, 1.82) is 0 Å². The van der Waals surface area contributed by atoms with Crippen molar-refractivity contribution in [1.82, 2.24) is 0 Å². The van der Waals surface area contributed by atoms with Crippen LogP contribution in [0.15, 0.2) is 11.3 Å². The Balaban J connectivity index is 2.65. The summed E-state index contributed by atoms with van der Waals surface area (Å²) in [6, 6.07) is 0. The van der Waals surface area contributed by atoms with Crippen molar-refractivity contribution >= 4 is 5.78 Å². The van der Waals surface area contributed by atoms with Gasteiger partial charge in [-0.05, 0) is 26.7 Å². The molecule has 14 heavy (non-hydrogen) atoms. The molecule has 0 aromatic rings. The normalized spacial score (nSPS) is 19.6. The second-order valence-electron chi connectivity index (χ2n) is 4.32. The summed E-state index contributed by atoms with van der Waals surface area (Å²) in [6.07, 6.45) is 2.98. The number of hydrogen-bond donors (Lipinski definition) is 0. The summed E-state index contributed by atoms with van der Waals surface area (Å²) >= 11 is 0. The third-order valence-electron chi connectivity index (χ3n) is 2.78. The van der Waals surface area contributed by atoms with E-state index in [4.69, 9.17) is 4.74 Å². The van der Waals surface area contributed by atoms with Gasteiger partial charge in [-0.3, -0.25) is 4.79 Å². The van der Waals surface area contributed by atoms with Gasteiger partial charge in [0.1, 0.15) is 5.76 Å². The van der Waals surface area contributed by atoms with Crippen molar-refractivity contribution in [3.05, 3.63) is 11.3 Å². The zero-order valence-electron chi connectivity index (χ0n) is 9.64. The molecule has 0 amide bonds. The van der Waals surface area contributed by atoms with Crippen molar-refractivity contribution in [3.63, 3.8) is 0 Å². The first kappa shape index (κ1) is 11.3. The van der Waals surface area contributed by atoms with E-state index in [2.05, 4.69) is 6.92 Å². The lowest BCUT2D eigenvalue weighted by molar-refractivity contribution is -0.128. The van der Waals surface area contributed by atoms with Crippen LogP contribution in [0.4, 0.5) is 0 Å². The molecule has 0 fully saturated rings. The molecule has 2 heteroatoms. The molecule has 0 spiro atoms. The molecule has 0 aliphatic heterocycles. The zero-order valence-corrected chi connectivity index (χ0v) is 9.64. The smallest absolute Gasteiger partial charge is 0.175 e. The molecule has 1 rings (SSSR count). The molecular weight excluding hydrogens is 176 g/mol. The van der Waals surface area contributed by atoms with Crippen LogP contribution in [0.2, 0.25) is 0 Å². The van der Waals surface area contributed by atoms with Crippen LogP contribution >= 0.6 is 0 Å². The van der Waals surface area contributed by atoms with Gasteiger partial charge in [0.15, 0.2) is 5.78 Å². The van der Waals surface area contributed by atoms with E-state index in [1.807, 2.05) is 20.8 Å². The van der Waals surface area contributed by atoms with E-state index in [1.165, 1.54) is 0 Å². The molecule has 0 N–H and O–H groups in total. The highest BCUT2D eigenvalue weighted by Gasteiger charge is 2.47. The van der Waals surface area contributed by atoms with Gasteiger partial charge in [-0.2, -0.15) is 0 Å². The minimum atomic E-state index is -0.362. The molecular formula is C12H20O2. The Morgan fingerprint density at radius 3 is 2.43 bits per heavy atom. The lowest BCUT2D eigenvalue weighted by Crippen LogP contribution is -2.40. The highest BCUT2D eigenvalue weighted by molar-refractivity contribution is 6.08. The second kappa shape index (κ2) is 4.16. The standard InChI is InChI=1S/C12H20O2/c1-5-7-8-14-11-9(6-2)10(13)12(11,3)4/h5-8H2,1-4H3. The first-order chi connectivity index (χ1) is 6.55. The van der Waals surface area contributed by atoms with Crippen LogP contribution in [0.1, 0.15) is 47.0 Å². The summed E-state index contributed by atoms with van der Waals surface area (Å²) in [4.78, 5) is 11.6. The molecule has 0 saturated heterocycles. The predicted octanol–water partition coefficient (Wildman–Crippen LogP) is 3.08. The Morgan fingerprint density at radius 1 is 1.29 bits per heavy atom. The third kappa shape index (κ3) is 1.70. The van der Waals surface area contributed by atoms with Crippen LogP contribution in [-0.4, -0.2) is 12.4 Å². The maximum Gasteiger partial charge on any atom is 0.175 e. The quantitative estimate of drug-likeness (QED) is 0.632. The molecule has 0 unspecified atom stereocenters. The van der Waals surface area contributed by atoms with Gasteiger partial charge in [0, 0.05) is 5.57 Å². The summed E-state index contributed by atoms with van der Waals surface area (Å²) in [5, 5.41) is 0. The molecule has 0 aromatic heterocycles. The van der Waals surface area contributed by atoms with E-state index >= 15 is 0 Å². The lowest BCUT2D eigenvalue weighted by Gasteiger charge is -2.37. The maximum atomic E-state index is 11.6. The average molecular weight is 196 g/mol. The van der Waals surface area contributed by atoms with E-state index in [9.17, 15) is 4.79 Å². The van der Waals surface area contributed by atoms with Crippen LogP contribution in [0, 0.1) is 5.41 Å². The first-order valence-electron chi connectivity index (χ1n) is 5.46. The number of ketones is 1. The Hall–Kier alpha value is -0.790. The Labute approximate surface area is 86.3 Å². The SMILES string of the molecule is CCCCOC1=C(CC)C(=O)C1(C)C. The highest BCUT2D eigenvalue weighted by Crippen LogP contribution is 2.44. The molecule has 1 aliphatic rings. The van der Waals surface area contributed by atoms with Crippen molar-refractivity contribution in [2.75, 3.05) is 6.61 Å². The van der Waals surface area contributed by atoms with Crippen molar-refractivity contribution in [2.45, 2.75) is 47.0 Å². The number of hydrogen-bond acceptors (Lipinski definition) is 2. The van der Waals surface area contributed by atoms with E-state index in [1.54, 1.807) is 0 Å². The van der Waals surface area contributed by atoms with E-state index in [0.29, 0.717) is 0 Å². The molecule has 0 heterocycles. The van der Waals surface area contributed by atoms with Gasteiger partial charge >= 0.3 is 0 Å². The predicted molar refractivity (Wildman–Crippen MR) is 57.0 cm³/mol. The number of carbonyl (C=O) groups is 1. The minimum Gasteiger partial charge on any atom is -0.496 e. The average Bonchev–Trinajstić information content (AvgIpc) is 2.16. The zero-order chi connectivity index (χ0) is 10.8. The highest BCUT2D eigenvalue weighted by atomic mass is 16.5. The molecule has 0 atom stereocenters. The van der Waals surface area contributed by atoms with E-state index < -0.39 is 0 Å². The molecule has 0 radical (unpaired) electrons. The van der Waals surface area contributed by atoms with Crippen LogP contribution in [0.25, 0.3) is 0 Å². The van der Waals surface area contributed by atoms with Crippen molar-refractivity contribution in [3.8, 4) is 0 Å². The fourth-order valence-corrected chi connectivity index (χ4v) is 1.81. The molecule has 1 aliphatic carbocycles. The number of allylic oxidation sites excluding steroid dienone is 2. The van der Waals surface area contributed by atoms with Gasteiger partial charge in [0.05, 0.1) is 12.0 Å². The number of unbranched alkanes of at least 4 members (excludes halogenated alkanes) is 1. The summed E-state index contributed by atoms with van der Waals surface area (Å²) in [5.74, 6) is 1.19. The monoisotopic (exact) mass is 196 g/mol. The topological polar surface area (TPSA) is 26.3 Å². The van der Waals surface area contributed by atoms with Gasteiger partial charge < -0.3 is 4.74 Å². The summed E-state index contributed by atoms with van der Waals surface area (Å²) in [7, 11) is 0. The minimum absolute atomic E-state index is 0.256. The first-order valence-corrected chi connectivity index (χ1v) is 5.46. The van der Waals surface area contributed by atoms with Crippen molar-refractivity contribution in [2.24, 2.45) is 5.41 Å². The number of rotatable bonds is 5. The van der Waals surface area contributed by atoms with Gasteiger partial charge in [0.2, 0.25) is 0 Å². The van der Waals surface area contributed by atoms with Crippen LogP contribution < -0.4 is 0 Å². The molecule has 2 nitrogen and oxygen atoms in total. The number of Topliss-reactive ketones (excluding diaryl/α,β-unsaturated/α-hetero) is 1. The van der Waals surface area contributed by atoms with Gasteiger partial charge in [-0.1, -0.05) is 20.3 Å². The van der Waals surface area contributed by atoms with Crippen molar-refractivity contribution < 1.29 is 9.53 Å². The number of ether oxygens (including phenoxy) is 1. The molecule has 0 aromatic carbocycles. The van der Waals surface area contributed by atoms with Gasteiger partial charge in [-0.15, -0.1) is 0 Å². The Morgan fingerprint density at radius 2 is 1.93 bits per heavy atom. The Kier molecular flexibility index (Phi) is 3.35. The van der Waals surface area contributed by atoms with Crippen LogP contribution in [0.5, 0.6) is 0 Å². The summed E-state index contributed by atoms with van der Waals surface area (Å²) < 4.78 is 5.67. The lowest BCUT2D eigenvalue weighted by atomic mass is 9.69. The summed E-state index contributed by atoms with van der Waals surface area (Å²) in [6.45, 7) is 8.76. The maximum absolute atomic E-state index is 11.6. The van der Waals surface area contributed by atoms with Crippen LogP contribution in [0.3, 0.4) is 0 Å². The fraction of sp³-hybridized carbons (Fsp3) is 0.750. The molecule has 0 bridgehead atoms. The molecule has 80 valence electrons. The largest absolute Gasteiger partial charge is 0.496 e. The van der Waals surface area contributed by atoms with Gasteiger partial charge in [-0.25, -0.2) is 0 Å². The van der Waals surface area contributed by atoms with Gasteiger partial charge in [0.25, 0.3) is 0 Å². The van der Waals surface area contributed by atoms with E-state index in [0.717, 1.165) is 37.2 Å². The number of carbonyl (C=O) groups excluding carboxylic acids is 1. The van der Waals surface area contributed by atoms with Crippen LogP contribution in [-0.2, 0) is 9.53 Å².